The number of carbonyl (C=O) groups excluding carboxylic acids is 6. The minimum absolute atomic E-state index is 0.0134. The summed E-state index contributed by atoms with van der Waals surface area (Å²) in [5.74, 6) is -3.59. The average Bonchev–Trinajstić information content (AvgIpc) is 2.91. The zero-order chi connectivity index (χ0) is 34.7. The molecule has 0 rings (SSSR count). The van der Waals surface area contributed by atoms with Crippen molar-refractivity contribution in [3.8, 4) is 0 Å². The Labute approximate surface area is 267 Å². The Hall–Kier alpha value is -2.87. The van der Waals surface area contributed by atoms with Crippen LogP contribution < -0.4 is 16.4 Å². The van der Waals surface area contributed by atoms with Crippen LogP contribution in [0.4, 0.5) is 0 Å². The number of thioether (sulfide) groups is 1. The normalized spacial score (nSPS) is 15.1. The quantitative estimate of drug-likeness (QED) is 0.159. The molecule has 14 heteroatoms. The first-order valence-corrected chi connectivity index (χ1v) is 16.3. The largest absolute Gasteiger partial charge is 0.390 e. The molecule has 5 N–H and O–H groups in total. The molecular weight excluding hydrogens is 588 g/mol. The molecule has 5 atom stereocenters. The number of nitrogens with zero attached hydrogens (tertiary/aromatic N) is 3. The topological polar surface area (TPSA) is 182 Å². The maximum absolute atomic E-state index is 13.8. The van der Waals surface area contributed by atoms with Crippen molar-refractivity contribution in [2.45, 2.75) is 116 Å². The fourth-order valence-corrected chi connectivity index (χ4v) is 5.36. The van der Waals surface area contributed by atoms with Crippen LogP contribution in [0, 0.1) is 11.8 Å². The van der Waals surface area contributed by atoms with Crippen molar-refractivity contribution in [3.05, 3.63) is 0 Å². The van der Waals surface area contributed by atoms with Crippen LogP contribution in [-0.4, -0.2) is 118 Å². The van der Waals surface area contributed by atoms with Crippen molar-refractivity contribution in [2.75, 3.05) is 27.4 Å². The van der Waals surface area contributed by atoms with Crippen molar-refractivity contribution in [1.82, 2.24) is 25.3 Å². The van der Waals surface area contributed by atoms with Crippen LogP contribution in [0.5, 0.6) is 0 Å². The Bertz CT molecular complexity index is 1020. The lowest BCUT2D eigenvalue weighted by Crippen LogP contribution is -2.61. The van der Waals surface area contributed by atoms with Crippen molar-refractivity contribution in [1.29, 1.82) is 0 Å². The van der Waals surface area contributed by atoms with E-state index in [9.17, 15) is 33.9 Å². The van der Waals surface area contributed by atoms with E-state index in [0.717, 1.165) is 11.8 Å². The zero-order valence-corrected chi connectivity index (χ0v) is 29.4. The Balaban J connectivity index is 6.33. The van der Waals surface area contributed by atoms with Gasteiger partial charge in [0, 0.05) is 34.0 Å². The third-order valence-electron chi connectivity index (χ3n) is 7.28. The summed E-state index contributed by atoms with van der Waals surface area (Å²) in [6.45, 7) is 13.6. The molecule has 0 heterocycles. The lowest BCUT2D eigenvalue weighted by molar-refractivity contribution is -0.148. The van der Waals surface area contributed by atoms with Crippen molar-refractivity contribution in [2.24, 2.45) is 17.6 Å². The highest BCUT2D eigenvalue weighted by atomic mass is 32.2. The zero-order valence-electron chi connectivity index (χ0n) is 28.6. The van der Waals surface area contributed by atoms with Crippen LogP contribution >= 0.6 is 11.8 Å². The van der Waals surface area contributed by atoms with E-state index in [4.69, 9.17) is 5.73 Å². The molecule has 0 spiro atoms. The molecule has 0 saturated carbocycles. The number of likely N-dealkylation sites (N-methyl/N-ethyl adjacent to an activating group) is 3. The number of hydrogen-bond donors (Lipinski definition) is 4. The average molecular weight is 645 g/mol. The fourth-order valence-electron chi connectivity index (χ4n) is 4.56. The van der Waals surface area contributed by atoms with Crippen LogP contribution in [0.1, 0.15) is 81.1 Å². The van der Waals surface area contributed by atoms with E-state index < -0.39 is 70.6 Å². The highest BCUT2D eigenvalue weighted by Gasteiger charge is 2.40. The number of hydrogen-bond acceptors (Lipinski definition) is 8. The van der Waals surface area contributed by atoms with Gasteiger partial charge in [-0.05, 0) is 51.7 Å². The molecule has 0 aliphatic carbocycles. The van der Waals surface area contributed by atoms with E-state index in [1.165, 1.54) is 56.6 Å². The predicted molar refractivity (Wildman–Crippen MR) is 172 cm³/mol. The Morgan fingerprint density at radius 2 is 1.34 bits per heavy atom. The number of nitrogens with two attached hydrogens (primary N) is 1. The third-order valence-corrected chi connectivity index (χ3v) is 8.25. The summed E-state index contributed by atoms with van der Waals surface area (Å²) in [5.41, 5.74) is 3.95. The standard InChI is InChI=1S/C30H56N6O7S/c1-13-14-22(37)36(11)29(44-12)28(42)35(10)21(16-30(7,8)43)26(40)33-23(18(4)5)27(41)34(9)20(15-17(2)3)25(39)32-19(6)24(31)38/h17-21,23,29,43H,13-16H2,1-12H3,(H2,31,38)(H,32,39)(H,33,40)/t19-,20+,21+,23+,29+/m1/s1. The van der Waals surface area contributed by atoms with Crippen LogP contribution in [0.2, 0.25) is 0 Å². The summed E-state index contributed by atoms with van der Waals surface area (Å²) in [4.78, 5) is 82.3. The molecule has 0 bridgehead atoms. The van der Waals surface area contributed by atoms with Crippen LogP contribution in [0.3, 0.4) is 0 Å². The fraction of sp³-hybridized carbons (Fsp3) is 0.800. The number of nitrogens with one attached hydrogen (secondary N) is 2. The lowest BCUT2D eigenvalue weighted by atomic mass is 9.95. The first kappa shape index (κ1) is 41.1. The van der Waals surface area contributed by atoms with Gasteiger partial charge in [0.15, 0.2) is 5.37 Å². The van der Waals surface area contributed by atoms with Gasteiger partial charge in [-0.1, -0.05) is 34.6 Å². The second-order valence-corrected chi connectivity index (χ2v) is 13.7. The maximum atomic E-state index is 13.8. The van der Waals surface area contributed by atoms with Gasteiger partial charge in [-0.15, -0.1) is 11.8 Å². The van der Waals surface area contributed by atoms with Crippen molar-refractivity contribution in [3.63, 3.8) is 0 Å². The number of rotatable bonds is 18. The molecule has 0 fully saturated rings. The molecular formula is C30H56N6O7S. The minimum Gasteiger partial charge on any atom is -0.390 e. The molecule has 0 aromatic rings. The second-order valence-electron chi connectivity index (χ2n) is 12.8. The monoisotopic (exact) mass is 644 g/mol. The van der Waals surface area contributed by atoms with Gasteiger partial charge in [0.05, 0.1) is 5.60 Å². The van der Waals surface area contributed by atoms with E-state index in [-0.39, 0.29) is 31.1 Å². The summed E-state index contributed by atoms with van der Waals surface area (Å²) in [6.07, 6.45) is 2.71. The molecule has 0 aromatic carbocycles. The lowest BCUT2D eigenvalue weighted by Gasteiger charge is -2.37. The molecule has 13 nitrogen and oxygen atoms in total. The first-order chi connectivity index (χ1) is 20.1. The molecule has 44 heavy (non-hydrogen) atoms. The minimum atomic E-state index is -1.36. The Morgan fingerprint density at radius 1 is 0.841 bits per heavy atom. The van der Waals surface area contributed by atoms with E-state index >= 15 is 0 Å². The summed E-state index contributed by atoms with van der Waals surface area (Å²) < 4.78 is 0. The summed E-state index contributed by atoms with van der Waals surface area (Å²) in [6, 6.07) is -4.16. The van der Waals surface area contributed by atoms with E-state index in [0.29, 0.717) is 6.42 Å². The maximum Gasteiger partial charge on any atom is 0.256 e. The third kappa shape index (κ3) is 12.6. The second kappa shape index (κ2) is 18.2. The first-order valence-electron chi connectivity index (χ1n) is 15.0. The summed E-state index contributed by atoms with van der Waals surface area (Å²) in [7, 11) is 4.43. The number of amides is 6. The number of aliphatic hydroxyl groups is 1. The Morgan fingerprint density at radius 3 is 1.75 bits per heavy atom. The number of primary amides is 1. The van der Waals surface area contributed by atoms with E-state index in [2.05, 4.69) is 10.6 Å². The van der Waals surface area contributed by atoms with Gasteiger partial charge in [0.2, 0.25) is 29.5 Å². The molecule has 0 aliphatic rings. The van der Waals surface area contributed by atoms with Crippen LogP contribution in [0.25, 0.3) is 0 Å². The molecule has 0 aromatic heterocycles. The smallest absolute Gasteiger partial charge is 0.256 e. The predicted octanol–water partition coefficient (Wildman–Crippen LogP) is 0.926. The molecule has 0 radical (unpaired) electrons. The SMILES string of the molecule is CCCC(=O)N(C)[C@@H](SC)C(=O)N(C)[C@@H](CC(C)(C)O)C(=O)N[C@H](C(=O)N(C)[C@@H](CC(C)C)C(=O)N[C@H](C)C(N)=O)C(C)C. The summed E-state index contributed by atoms with van der Waals surface area (Å²) in [5, 5.41) is 15.1. The van der Waals surface area contributed by atoms with Gasteiger partial charge in [0.25, 0.3) is 5.91 Å². The molecule has 0 aliphatic heterocycles. The van der Waals surface area contributed by atoms with Gasteiger partial charge < -0.3 is 36.2 Å². The van der Waals surface area contributed by atoms with Crippen LogP contribution in [-0.2, 0) is 28.8 Å². The van der Waals surface area contributed by atoms with Gasteiger partial charge in [-0.3, -0.25) is 28.8 Å². The van der Waals surface area contributed by atoms with Gasteiger partial charge in [0.1, 0.15) is 24.2 Å². The van der Waals surface area contributed by atoms with Gasteiger partial charge in [-0.2, -0.15) is 0 Å². The molecule has 254 valence electrons. The van der Waals surface area contributed by atoms with Crippen LogP contribution in [0.15, 0.2) is 0 Å². The van der Waals surface area contributed by atoms with E-state index in [1.54, 1.807) is 20.1 Å². The van der Waals surface area contributed by atoms with Gasteiger partial charge in [-0.25, -0.2) is 0 Å². The highest BCUT2D eigenvalue weighted by Crippen LogP contribution is 2.22. The molecule has 0 unspecified atom stereocenters. The molecule has 0 saturated heterocycles. The summed E-state index contributed by atoms with van der Waals surface area (Å²) >= 11 is 1.15. The van der Waals surface area contributed by atoms with E-state index in [1.807, 2.05) is 20.8 Å². The van der Waals surface area contributed by atoms with Gasteiger partial charge >= 0.3 is 0 Å². The molecule has 6 amide bonds. The number of carbonyl (C=O) groups is 6. The van der Waals surface area contributed by atoms with Crippen molar-refractivity contribution >= 4 is 47.2 Å². The highest BCUT2D eigenvalue weighted by molar-refractivity contribution is 7.99. The Kier molecular flexibility index (Phi) is 17.0. The van der Waals surface area contributed by atoms with Crippen molar-refractivity contribution < 1.29 is 33.9 Å².